The third kappa shape index (κ3) is 4.43. The highest BCUT2D eigenvalue weighted by molar-refractivity contribution is 6.39. The van der Waals surface area contributed by atoms with Crippen molar-refractivity contribution in [3.8, 4) is 0 Å². The number of amides is 3. The first-order chi connectivity index (χ1) is 16.3. The van der Waals surface area contributed by atoms with E-state index >= 15 is 0 Å². The number of imide groups is 1. The summed E-state index contributed by atoms with van der Waals surface area (Å²) < 4.78 is 5.17. The van der Waals surface area contributed by atoms with Crippen molar-refractivity contribution in [1.29, 1.82) is 0 Å². The number of hydrogen-bond acceptors (Lipinski definition) is 5. The molecule has 172 valence electrons. The van der Waals surface area contributed by atoms with E-state index in [1.165, 1.54) is 23.1 Å². The topological polar surface area (TPSA) is 84.0 Å². The van der Waals surface area contributed by atoms with Crippen LogP contribution in [0.4, 0.5) is 5.69 Å². The zero-order valence-corrected chi connectivity index (χ0v) is 19.3. The minimum Gasteiger partial charge on any atom is -0.452 e. The van der Waals surface area contributed by atoms with E-state index in [1.807, 2.05) is 31.2 Å². The molecule has 7 nitrogen and oxygen atoms in total. The maximum Gasteiger partial charge on any atom is 0.338 e. The second kappa shape index (κ2) is 9.49. The number of fused-ring (bicyclic) bond motifs is 1. The summed E-state index contributed by atoms with van der Waals surface area (Å²) in [6.07, 6.45) is 0. The predicted molar refractivity (Wildman–Crippen MR) is 127 cm³/mol. The number of esters is 1. The van der Waals surface area contributed by atoms with Crippen molar-refractivity contribution in [2.45, 2.75) is 13.5 Å². The highest BCUT2D eigenvalue weighted by Gasteiger charge is 2.38. The Morgan fingerprint density at radius 1 is 0.941 bits per heavy atom. The average molecular weight is 477 g/mol. The van der Waals surface area contributed by atoms with E-state index in [2.05, 4.69) is 0 Å². The quantitative estimate of drug-likeness (QED) is 0.392. The minimum absolute atomic E-state index is 0.0651. The molecule has 0 aromatic heterocycles. The second-order valence-corrected chi connectivity index (χ2v) is 8.32. The molecule has 1 aliphatic heterocycles. The van der Waals surface area contributed by atoms with Gasteiger partial charge in [0.15, 0.2) is 6.61 Å². The molecule has 0 spiro atoms. The normalized spacial score (nSPS) is 12.5. The largest absolute Gasteiger partial charge is 0.452 e. The van der Waals surface area contributed by atoms with Gasteiger partial charge in [0.2, 0.25) is 0 Å². The number of benzene rings is 3. The molecule has 0 saturated heterocycles. The van der Waals surface area contributed by atoms with Crippen LogP contribution in [-0.4, -0.2) is 42.2 Å². The second-order valence-electron chi connectivity index (χ2n) is 7.91. The minimum atomic E-state index is -0.767. The number of carbonyl (C=O) groups excluding carboxylic acids is 4. The van der Waals surface area contributed by atoms with Crippen molar-refractivity contribution in [1.82, 2.24) is 4.90 Å². The van der Waals surface area contributed by atoms with Gasteiger partial charge in [-0.3, -0.25) is 14.4 Å². The lowest BCUT2D eigenvalue weighted by atomic mass is 10.1. The van der Waals surface area contributed by atoms with Crippen molar-refractivity contribution in [2.75, 3.05) is 18.6 Å². The third-order valence-electron chi connectivity index (χ3n) is 5.64. The Kier molecular flexibility index (Phi) is 6.47. The summed E-state index contributed by atoms with van der Waals surface area (Å²) in [4.78, 5) is 53.2. The summed E-state index contributed by atoms with van der Waals surface area (Å²) in [5, 5.41) is 0.255. The number of ether oxygens (including phenoxy) is 1. The number of aryl methyl sites for hydroxylation is 1. The van der Waals surface area contributed by atoms with Crippen molar-refractivity contribution in [2.24, 2.45) is 0 Å². The van der Waals surface area contributed by atoms with Crippen molar-refractivity contribution >= 4 is 41.0 Å². The van der Waals surface area contributed by atoms with Gasteiger partial charge in [-0.05, 0) is 48.4 Å². The molecule has 0 bridgehead atoms. The number of nitrogens with zero attached hydrogens (tertiary/aromatic N) is 2. The first kappa shape index (κ1) is 23.2. The fraction of sp³-hybridized carbons (Fsp3) is 0.154. The lowest BCUT2D eigenvalue weighted by Crippen LogP contribution is -2.31. The fourth-order valence-corrected chi connectivity index (χ4v) is 3.89. The zero-order valence-electron chi connectivity index (χ0n) is 18.6. The maximum atomic E-state index is 12.9. The van der Waals surface area contributed by atoms with Crippen molar-refractivity contribution in [3.05, 3.63) is 99.6 Å². The van der Waals surface area contributed by atoms with Gasteiger partial charge >= 0.3 is 5.97 Å². The molecule has 8 heteroatoms. The Morgan fingerprint density at radius 2 is 1.62 bits per heavy atom. The van der Waals surface area contributed by atoms with E-state index in [1.54, 1.807) is 31.3 Å². The van der Waals surface area contributed by atoms with Gasteiger partial charge in [0.25, 0.3) is 17.7 Å². The molecule has 1 aliphatic rings. The van der Waals surface area contributed by atoms with Crippen LogP contribution < -0.4 is 4.90 Å². The Hall–Kier alpha value is -3.97. The molecule has 4 rings (SSSR count). The number of para-hydroxylation sites is 1. The van der Waals surface area contributed by atoms with Crippen molar-refractivity contribution in [3.63, 3.8) is 0 Å². The van der Waals surface area contributed by atoms with Gasteiger partial charge in [-0.15, -0.1) is 0 Å². The Labute approximate surface area is 201 Å². The Balaban J connectivity index is 1.44. The zero-order chi connectivity index (χ0) is 24.4. The molecule has 0 aliphatic carbocycles. The maximum absolute atomic E-state index is 12.9. The molecular weight excluding hydrogens is 456 g/mol. The van der Waals surface area contributed by atoms with Gasteiger partial charge in [0, 0.05) is 13.6 Å². The van der Waals surface area contributed by atoms with Crippen LogP contribution in [0.1, 0.15) is 42.2 Å². The highest BCUT2D eigenvalue weighted by atomic mass is 35.5. The first-order valence-corrected chi connectivity index (χ1v) is 10.9. The molecule has 0 fully saturated rings. The molecule has 3 aromatic carbocycles. The van der Waals surface area contributed by atoms with E-state index in [9.17, 15) is 19.2 Å². The number of hydrogen-bond donors (Lipinski definition) is 0. The molecule has 0 radical (unpaired) electrons. The van der Waals surface area contributed by atoms with Crippen LogP contribution in [0.2, 0.25) is 5.02 Å². The van der Waals surface area contributed by atoms with Crippen molar-refractivity contribution < 1.29 is 23.9 Å². The Morgan fingerprint density at radius 3 is 2.35 bits per heavy atom. The van der Waals surface area contributed by atoms with Gasteiger partial charge in [-0.25, -0.2) is 9.69 Å². The molecule has 0 atom stereocenters. The lowest BCUT2D eigenvalue weighted by molar-refractivity contribution is -0.133. The smallest absolute Gasteiger partial charge is 0.338 e. The number of anilines is 1. The molecule has 1 heterocycles. The summed E-state index contributed by atoms with van der Waals surface area (Å²) >= 11 is 6.16. The summed E-state index contributed by atoms with van der Waals surface area (Å²) in [7, 11) is 1.63. The van der Waals surface area contributed by atoms with E-state index in [4.69, 9.17) is 16.3 Å². The lowest BCUT2D eigenvalue weighted by Gasteiger charge is -2.18. The standard InChI is InChI=1S/C26H21ClN2O5/c1-16-7-3-4-8-18(16)14-28(2)23(30)15-34-26(33)17-11-12-19-20(13-17)25(32)29(24(19)31)22-10-6-5-9-21(22)27/h3-13H,14-15H2,1-2H3. The highest BCUT2D eigenvalue weighted by Crippen LogP contribution is 2.33. The first-order valence-electron chi connectivity index (χ1n) is 10.5. The van der Waals surface area contributed by atoms with Gasteiger partial charge < -0.3 is 9.64 Å². The summed E-state index contributed by atoms with van der Waals surface area (Å²) in [5.74, 6) is -2.25. The molecule has 3 amide bonds. The van der Waals surface area contributed by atoms with Crippen LogP contribution >= 0.6 is 11.6 Å². The summed E-state index contributed by atoms with van der Waals surface area (Å²) in [6, 6.07) is 18.3. The number of likely N-dealkylation sites (N-methyl/N-ethyl adjacent to an activating group) is 1. The molecule has 3 aromatic rings. The monoisotopic (exact) mass is 476 g/mol. The predicted octanol–water partition coefficient (Wildman–Crippen LogP) is 4.26. The molecule has 0 saturated carbocycles. The van der Waals surface area contributed by atoms with E-state index < -0.39 is 24.4 Å². The summed E-state index contributed by atoms with van der Waals surface area (Å²) in [6.45, 7) is 1.90. The average Bonchev–Trinajstić information content (AvgIpc) is 3.08. The van der Waals surface area contributed by atoms with Crippen LogP contribution in [0.25, 0.3) is 0 Å². The van der Waals surface area contributed by atoms with Gasteiger partial charge in [-0.1, -0.05) is 48.0 Å². The number of carbonyl (C=O) groups is 4. The third-order valence-corrected chi connectivity index (χ3v) is 5.96. The van der Waals surface area contributed by atoms with Crippen LogP contribution in [-0.2, 0) is 16.1 Å². The Bertz CT molecular complexity index is 1320. The van der Waals surface area contributed by atoms with Gasteiger partial charge in [0.1, 0.15) is 0 Å². The summed E-state index contributed by atoms with van der Waals surface area (Å²) in [5.41, 5.74) is 2.62. The number of rotatable bonds is 6. The van der Waals surface area contributed by atoms with Gasteiger partial charge in [0.05, 0.1) is 27.4 Å². The molecule has 0 N–H and O–H groups in total. The molecule has 34 heavy (non-hydrogen) atoms. The van der Waals surface area contributed by atoms with Crippen LogP contribution in [0, 0.1) is 6.92 Å². The van der Waals surface area contributed by atoms with E-state index in [0.717, 1.165) is 16.0 Å². The van der Waals surface area contributed by atoms with E-state index in [0.29, 0.717) is 6.54 Å². The number of halogens is 1. The molecular formula is C26H21ClN2O5. The van der Waals surface area contributed by atoms with Gasteiger partial charge in [-0.2, -0.15) is 0 Å². The van der Waals surface area contributed by atoms with Crippen LogP contribution in [0.15, 0.2) is 66.7 Å². The fourth-order valence-electron chi connectivity index (χ4n) is 3.67. The van der Waals surface area contributed by atoms with Crippen LogP contribution in [0.5, 0.6) is 0 Å². The molecule has 0 unspecified atom stereocenters. The SMILES string of the molecule is Cc1ccccc1CN(C)C(=O)COC(=O)c1ccc2c(c1)C(=O)N(c1ccccc1Cl)C2=O. The van der Waals surface area contributed by atoms with E-state index in [-0.39, 0.29) is 33.3 Å². The van der Waals surface area contributed by atoms with Crippen LogP contribution in [0.3, 0.4) is 0 Å².